The minimum atomic E-state index is -0.795. The van der Waals surface area contributed by atoms with E-state index in [1.165, 1.54) is 0 Å². The Labute approximate surface area is 134 Å². The summed E-state index contributed by atoms with van der Waals surface area (Å²) >= 11 is 0. The average Bonchev–Trinajstić information content (AvgIpc) is 2.91. The van der Waals surface area contributed by atoms with Crippen molar-refractivity contribution >= 4 is 5.69 Å². The molecule has 1 aliphatic heterocycles. The lowest BCUT2D eigenvalue weighted by Gasteiger charge is -2.35. The molecule has 7 heteroatoms. The van der Waals surface area contributed by atoms with Crippen LogP contribution in [-0.4, -0.2) is 46.1 Å². The SMILES string of the molecule is CCn1nc(C)c(CN2CCN(c3cccc(F)c3F)CC2)n1. The zero-order valence-corrected chi connectivity index (χ0v) is 13.5. The molecule has 3 rings (SSSR count). The van der Waals surface area contributed by atoms with Crippen LogP contribution in [0.4, 0.5) is 14.5 Å². The fraction of sp³-hybridized carbons (Fsp3) is 0.500. The zero-order valence-electron chi connectivity index (χ0n) is 13.5. The Balaban J connectivity index is 1.62. The summed E-state index contributed by atoms with van der Waals surface area (Å²) in [7, 11) is 0. The lowest BCUT2D eigenvalue weighted by Crippen LogP contribution is -2.46. The first kappa shape index (κ1) is 15.9. The van der Waals surface area contributed by atoms with Crippen molar-refractivity contribution < 1.29 is 8.78 Å². The van der Waals surface area contributed by atoms with Crippen LogP contribution in [-0.2, 0) is 13.1 Å². The minimum absolute atomic E-state index is 0.345. The quantitative estimate of drug-likeness (QED) is 0.865. The van der Waals surface area contributed by atoms with Crippen molar-refractivity contribution in [3.63, 3.8) is 0 Å². The molecule has 2 heterocycles. The van der Waals surface area contributed by atoms with Gasteiger partial charge in [0.05, 0.1) is 23.6 Å². The summed E-state index contributed by atoms with van der Waals surface area (Å²) in [5, 5.41) is 8.82. The smallest absolute Gasteiger partial charge is 0.182 e. The molecule has 1 fully saturated rings. The average molecular weight is 321 g/mol. The molecule has 0 N–H and O–H groups in total. The zero-order chi connectivity index (χ0) is 16.4. The van der Waals surface area contributed by atoms with Gasteiger partial charge in [0.2, 0.25) is 0 Å². The van der Waals surface area contributed by atoms with Crippen LogP contribution in [0.3, 0.4) is 0 Å². The Hall–Kier alpha value is -2.02. The molecule has 0 amide bonds. The Morgan fingerprint density at radius 2 is 1.83 bits per heavy atom. The largest absolute Gasteiger partial charge is 0.367 e. The van der Waals surface area contributed by atoms with Gasteiger partial charge in [-0.1, -0.05) is 6.07 Å². The summed E-state index contributed by atoms with van der Waals surface area (Å²) in [5.41, 5.74) is 2.28. The molecule has 1 aromatic carbocycles. The van der Waals surface area contributed by atoms with Gasteiger partial charge in [-0.3, -0.25) is 4.90 Å². The van der Waals surface area contributed by atoms with Gasteiger partial charge in [-0.05, 0) is 26.0 Å². The third-order valence-electron chi connectivity index (χ3n) is 4.22. The maximum absolute atomic E-state index is 13.9. The number of hydrogen-bond acceptors (Lipinski definition) is 4. The van der Waals surface area contributed by atoms with Gasteiger partial charge < -0.3 is 4.90 Å². The third-order valence-corrected chi connectivity index (χ3v) is 4.22. The predicted molar refractivity (Wildman–Crippen MR) is 84.3 cm³/mol. The summed E-state index contributed by atoms with van der Waals surface area (Å²) in [4.78, 5) is 5.86. The number of anilines is 1. The molecule has 124 valence electrons. The molecule has 0 bridgehead atoms. The van der Waals surface area contributed by atoms with Crippen molar-refractivity contribution in [2.45, 2.75) is 26.9 Å². The molecule has 1 aliphatic rings. The van der Waals surface area contributed by atoms with E-state index in [0.29, 0.717) is 18.8 Å². The number of aryl methyl sites for hydroxylation is 2. The maximum Gasteiger partial charge on any atom is 0.182 e. The molecule has 0 radical (unpaired) electrons. The second kappa shape index (κ2) is 6.62. The van der Waals surface area contributed by atoms with E-state index < -0.39 is 11.6 Å². The van der Waals surface area contributed by atoms with Crippen LogP contribution in [0, 0.1) is 18.6 Å². The first-order valence-corrected chi connectivity index (χ1v) is 7.90. The van der Waals surface area contributed by atoms with Crippen molar-refractivity contribution in [2.75, 3.05) is 31.1 Å². The Morgan fingerprint density at radius 3 is 2.48 bits per heavy atom. The van der Waals surface area contributed by atoms with Crippen LogP contribution in [0.15, 0.2) is 18.2 Å². The number of piperazine rings is 1. The monoisotopic (exact) mass is 321 g/mol. The minimum Gasteiger partial charge on any atom is -0.367 e. The van der Waals surface area contributed by atoms with Crippen molar-refractivity contribution in [1.82, 2.24) is 19.9 Å². The van der Waals surface area contributed by atoms with Gasteiger partial charge in [0.1, 0.15) is 0 Å². The Kier molecular flexibility index (Phi) is 4.56. The normalized spacial score (nSPS) is 16.1. The molecule has 0 aliphatic carbocycles. The van der Waals surface area contributed by atoms with Crippen molar-refractivity contribution in [3.8, 4) is 0 Å². The standard InChI is InChI=1S/C16H21F2N5/c1-3-23-19-12(2)14(20-23)11-21-7-9-22(10-8-21)15-6-4-5-13(17)16(15)18/h4-6H,3,7-11H2,1-2H3. The highest BCUT2D eigenvalue weighted by Gasteiger charge is 2.22. The fourth-order valence-corrected chi connectivity index (χ4v) is 2.85. The second-order valence-electron chi connectivity index (χ2n) is 5.76. The molecule has 5 nitrogen and oxygen atoms in total. The van der Waals surface area contributed by atoms with Crippen LogP contribution in [0.25, 0.3) is 0 Å². The molecule has 0 atom stereocenters. The van der Waals surface area contributed by atoms with E-state index in [1.807, 2.05) is 18.7 Å². The van der Waals surface area contributed by atoms with Crippen LogP contribution in [0.1, 0.15) is 18.3 Å². The molecule has 2 aromatic rings. The topological polar surface area (TPSA) is 37.2 Å². The van der Waals surface area contributed by atoms with Crippen molar-refractivity contribution in [2.24, 2.45) is 0 Å². The number of benzene rings is 1. The molecule has 1 aromatic heterocycles. The van der Waals surface area contributed by atoms with Gasteiger partial charge in [-0.2, -0.15) is 15.0 Å². The molecular formula is C16H21F2N5. The third kappa shape index (κ3) is 3.34. The Morgan fingerprint density at radius 1 is 1.09 bits per heavy atom. The number of aromatic nitrogens is 3. The summed E-state index contributed by atoms with van der Waals surface area (Å²) in [6.07, 6.45) is 0. The van der Waals surface area contributed by atoms with Crippen molar-refractivity contribution in [3.05, 3.63) is 41.2 Å². The maximum atomic E-state index is 13.9. The first-order valence-electron chi connectivity index (χ1n) is 7.90. The molecule has 0 spiro atoms. The lowest BCUT2D eigenvalue weighted by atomic mass is 10.2. The van der Waals surface area contributed by atoms with Gasteiger partial charge in [-0.25, -0.2) is 8.78 Å². The van der Waals surface area contributed by atoms with Gasteiger partial charge in [-0.15, -0.1) is 0 Å². The van der Waals surface area contributed by atoms with Gasteiger partial charge in [0, 0.05) is 32.7 Å². The molecular weight excluding hydrogens is 300 g/mol. The first-order chi connectivity index (χ1) is 11.1. The van der Waals surface area contributed by atoms with E-state index in [-0.39, 0.29) is 0 Å². The summed E-state index contributed by atoms with van der Waals surface area (Å²) in [6, 6.07) is 4.33. The number of nitrogens with zero attached hydrogens (tertiary/aromatic N) is 5. The van der Waals surface area contributed by atoms with Crippen molar-refractivity contribution in [1.29, 1.82) is 0 Å². The summed E-state index contributed by atoms with van der Waals surface area (Å²) in [6.45, 7) is 8.38. The van der Waals surface area contributed by atoms with Gasteiger partial charge >= 0.3 is 0 Å². The van der Waals surface area contributed by atoms with E-state index in [1.54, 1.807) is 16.9 Å². The highest BCUT2D eigenvalue weighted by atomic mass is 19.2. The van der Waals surface area contributed by atoms with Crippen LogP contribution >= 0.6 is 0 Å². The van der Waals surface area contributed by atoms with Crippen LogP contribution in [0.2, 0.25) is 0 Å². The number of halogens is 2. The van der Waals surface area contributed by atoms with Gasteiger partial charge in [0.15, 0.2) is 11.6 Å². The van der Waals surface area contributed by atoms with E-state index in [9.17, 15) is 8.78 Å². The predicted octanol–water partition coefficient (Wildman–Crippen LogP) is 2.21. The Bertz CT molecular complexity index is 677. The van der Waals surface area contributed by atoms with E-state index in [4.69, 9.17) is 0 Å². The number of rotatable bonds is 4. The molecule has 0 saturated carbocycles. The van der Waals surface area contributed by atoms with Crippen LogP contribution < -0.4 is 4.90 Å². The molecule has 23 heavy (non-hydrogen) atoms. The van der Waals surface area contributed by atoms with E-state index in [0.717, 1.165) is 43.6 Å². The summed E-state index contributed by atoms with van der Waals surface area (Å²) < 4.78 is 27.2. The van der Waals surface area contributed by atoms with E-state index in [2.05, 4.69) is 15.1 Å². The summed E-state index contributed by atoms with van der Waals surface area (Å²) in [5.74, 6) is -1.56. The highest BCUT2D eigenvalue weighted by Crippen LogP contribution is 2.23. The number of hydrogen-bond donors (Lipinski definition) is 0. The molecule has 0 unspecified atom stereocenters. The lowest BCUT2D eigenvalue weighted by molar-refractivity contribution is 0.245. The highest BCUT2D eigenvalue weighted by molar-refractivity contribution is 5.48. The van der Waals surface area contributed by atoms with E-state index >= 15 is 0 Å². The molecule has 1 saturated heterocycles. The second-order valence-corrected chi connectivity index (χ2v) is 5.76. The fourth-order valence-electron chi connectivity index (χ4n) is 2.85. The van der Waals surface area contributed by atoms with Gasteiger partial charge in [0.25, 0.3) is 0 Å². The van der Waals surface area contributed by atoms with Crippen LogP contribution in [0.5, 0.6) is 0 Å².